The first-order chi connectivity index (χ1) is 6.93. The molecule has 84 valence electrons. The summed E-state index contributed by atoms with van der Waals surface area (Å²) in [6.07, 6.45) is 1.72. The highest BCUT2D eigenvalue weighted by molar-refractivity contribution is 5.80. The Morgan fingerprint density at radius 1 is 1.40 bits per heavy atom. The second-order valence-electron chi connectivity index (χ2n) is 4.16. The van der Waals surface area contributed by atoms with Crippen molar-refractivity contribution in [3.8, 4) is 0 Å². The Labute approximate surface area is 90.7 Å². The summed E-state index contributed by atoms with van der Waals surface area (Å²) in [6.45, 7) is 9.71. The highest BCUT2D eigenvalue weighted by Gasteiger charge is 2.17. The number of nitrogens with one attached hydrogen (secondary N) is 1. The molecule has 0 radical (unpaired) electrons. The van der Waals surface area contributed by atoms with Crippen molar-refractivity contribution in [2.24, 2.45) is 0 Å². The van der Waals surface area contributed by atoms with Crippen LogP contribution in [-0.2, 0) is 4.79 Å². The molecule has 1 unspecified atom stereocenters. The minimum atomic E-state index is -0.200. The molecule has 0 bridgehead atoms. The molecule has 0 saturated heterocycles. The van der Waals surface area contributed by atoms with Crippen LogP contribution in [0.1, 0.15) is 38.2 Å². The number of aryl methyl sites for hydroxylation is 1. The lowest BCUT2D eigenvalue weighted by Crippen LogP contribution is -2.35. The number of imidazole rings is 1. The Morgan fingerprint density at radius 2 is 2.00 bits per heavy atom. The summed E-state index contributed by atoms with van der Waals surface area (Å²) in [7, 11) is 0. The molecule has 1 aromatic heterocycles. The van der Waals surface area contributed by atoms with Crippen LogP contribution in [0.15, 0.2) is 6.33 Å². The van der Waals surface area contributed by atoms with Crippen LogP contribution in [0.25, 0.3) is 0 Å². The Bertz CT molecular complexity index is 355. The van der Waals surface area contributed by atoms with E-state index in [1.54, 1.807) is 6.33 Å². The third-order valence-electron chi connectivity index (χ3n) is 2.51. The minimum Gasteiger partial charge on any atom is -0.352 e. The number of carbonyl (C=O) groups excluding carboxylic acids is 1. The van der Waals surface area contributed by atoms with Gasteiger partial charge in [-0.1, -0.05) is 0 Å². The van der Waals surface area contributed by atoms with Crippen LogP contribution in [0.4, 0.5) is 0 Å². The summed E-state index contributed by atoms with van der Waals surface area (Å²) >= 11 is 0. The van der Waals surface area contributed by atoms with Gasteiger partial charge in [-0.15, -0.1) is 0 Å². The van der Waals surface area contributed by atoms with Crippen molar-refractivity contribution in [1.82, 2.24) is 14.9 Å². The summed E-state index contributed by atoms with van der Waals surface area (Å²) < 4.78 is 1.90. The average Bonchev–Trinajstić information content (AvgIpc) is 2.45. The van der Waals surface area contributed by atoms with Crippen LogP contribution < -0.4 is 5.32 Å². The second kappa shape index (κ2) is 4.47. The number of hydrogen-bond donors (Lipinski definition) is 1. The monoisotopic (exact) mass is 209 g/mol. The van der Waals surface area contributed by atoms with Gasteiger partial charge >= 0.3 is 0 Å². The molecule has 0 saturated carbocycles. The number of carbonyl (C=O) groups is 1. The predicted octanol–water partition coefficient (Wildman–Crippen LogP) is 1.59. The maximum absolute atomic E-state index is 11.8. The van der Waals surface area contributed by atoms with Gasteiger partial charge in [0, 0.05) is 11.7 Å². The fourth-order valence-electron chi connectivity index (χ4n) is 1.44. The summed E-state index contributed by atoms with van der Waals surface area (Å²) in [5, 5.41) is 2.89. The van der Waals surface area contributed by atoms with E-state index < -0.39 is 0 Å². The lowest BCUT2D eigenvalue weighted by Gasteiger charge is -2.17. The number of rotatable bonds is 3. The van der Waals surface area contributed by atoms with Crippen molar-refractivity contribution >= 4 is 5.91 Å². The molecule has 4 nitrogen and oxygen atoms in total. The molecule has 1 atom stereocenters. The van der Waals surface area contributed by atoms with Crippen molar-refractivity contribution in [3.05, 3.63) is 17.7 Å². The number of hydrogen-bond acceptors (Lipinski definition) is 2. The molecule has 1 rings (SSSR count). The predicted molar refractivity (Wildman–Crippen MR) is 59.7 cm³/mol. The Kier molecular flexibility index (Phi) is 3.50. The Balaban J connectivity index is 2.80. The van der Waals surface area contributed by atoms with Crippen molar-refractivity contribution in [2.75, 3.05) is 0 Å². The molecular formula is C11H19N3O. The van der Waals surface area contributed by atoms with E-state index in [9.17, 15) is 4.79 Å². The van der Waals surface area contributed by atoms with Crippen molar-refractivity contribution in [1.29, 1.82) is 0 Å². The highest BCUT2D eigenvalue weighted by atomic mass is 16.2. The number of aromatic nitrogens is 2. The molecule has 1 amide bonds. The fraction of sp³-hybridized carbons (Fsp3) is 0.636. The SMILES string of the molecule is Cc1ncn(C(C)C(=O)NC(C)C)c1C. The molecule has 1 heterocycles. The third-order valence-corrected chi connectivity index (χ3v) is 2.51. The fourth-order valence-corrected chi connectivity index (χ4v) is 1.44. The smallest absolute Gasteiger partial charge is 0.243 e. The first-order valence-corrected chi connectivity index (χ1v) is 5.24. The summed E-state index contributed by atoms with van der Waals surface area (Å²) in [4.78, 5) is 15.9. The molecule has 0 spiro atoms. The standard InChI is InChI=1S/C11H19N3O/c1-7(2)13-11(15)10(5)14-6-12-8(3)9(14)4/h6-7,10H,1-5H3,(H,13,15). The summed E-state index contributed by atoms with van der Waals surface area (Å²) in [5.41, 5.74) is 2.01. The second-order valence-corrected chi connectivity index (χ2v) is 4.16. The van der Waals surface area contributed by atoms with Gasteiger partial charge in [-0.2, -0.15) is 0 Å². The molecule has 0 fully saturated rings. The van der Waals surface area contributed by atoms with Crippen molar-refractivity contribution in [2.45, 2.75) is 46.7 Å². The normalized spacial score (nSPS) is 12.9. The van der Waals surface area contributed by atoms with Gasteiger partial charge in [-0.05, 0) is 34.6 Å². The zero-order chi connectivity index (χ0) is 11.6. The molecule has 0 aliphatic carbocycles. The van der Waals surface area contributed by atoms with Gasteiger partial charge in [0.15, 0.2) is 0 Å². The van der Waals surface area contributed by atoms with Crippen LogP contribution in [0.2, 0.25) is 0 Å². The maximum atomic E-state index is 11.8. The quantitative estimate of drug-likeness (QED) is 0.821. The first kappa shape index (κ1) is 11.8. The van der Waals surface area contributed by atoms with E-state index in [2.05, 4.69) is 10.3 Å². The van der Waals surface area contributed by atoms with E-state index in [0.29, 0.717) is 0 Å². The van der Waals surface area contributed by atoms with Crippen LogP contribution >= 0.6 is 0 Å². The van der Waals surface area contributed by atoms with Crippen LogP contribution in [-0.4, -0.2) is 21.5 Å². The van der Waals surface area contributed by atoms with Gasteiger partial charge in [0.25, 0.3) is 0 Å². The van der Waals surface area contributed by atoms with Crippen LogP contribution in [0, 0.1) is 13.8 Å². The lowest BCUT2D eigenvalue weighted by molar-refractivity contribution is -0.124. The van der Waals surface area contributed by atoms with E-state index in [1.165, 1.54) is 0 Å². The van der Waals surface area contributed by atoms with Gasteiger partial charge in [-0.25, -0.2) is 4.98 Å². The van der Waals surface area contributed by atoms with E-state index in [0.717, 1.165) is 11.4 Å². The largest absolute Gasteiger partial charge is 0.352 e. The third kappa shape index (κ3) is 2.58. The lowest BCUT2D eigenvalue weighted by atomic mass is 10.2. The molecule has 1 aromatic rings. The van der Waals surface area contributed by atoms with Gasteiger partial charge in [0.2, 0.25) is 5.91 Å². The zero-order valence-electron chi connectivity index (χ0n) is 10.0. The molecular weight excluding hydrogens is 190 g/mol. The molecule has 0 aliphatic rings. The number of amides is 1. The van der Waals surface area contributed by atoms with E-state index in [1.807, 2.05) is 39.2 Å². The van der Waals surface area contributed by atoms with E-state index >= 15 is 0 Å². The van der Waals surface area contributed by atoms with Gasteiger partial charge < -0.3 is 9.88 Å². The maximum Gasteiger partial charge on any atom is 0.243 e. The van der Waals surface area contributed by atoms with E-state index in [4.69, 9.17) is 0 Å². The van der Waals surface area contributed by atoms with Gasteiger partial charge in [0.05, 0.1) is 12.0 Å². The van der Waals surface area contributed by atoms with Crippen LogP contribution in [0.3, 0.4) is 0 Å². The number of nitrogens with zero attached hydrogens (tertiary/aromatic N) is 2. The molecule has 4 heteroatoms. The van der Waals surface area contributed by atoms with Gasteiger partial charge in [-0.3, -0.25) is 4.79 Å². The molecule has 0 aliphatic heterocycles. The minimum absolute atomic E-state index is 0.0329. The van der Waals surface area contributed by atoms with Crippen LogP contribution in [0.5, 0.6) is 0 Å². The van der Waals surface area contributed by atoms with Crippen molar-refractivity contribution < 1.29 is 4.79 Å². The molecule has 15 heavy (non-hydrogen) atoms. The van der Waals surface area contributed by atoms with E-state index in [-0.39, 0.29) is 18.0 Å². The topological polar surface area (TPSA) is 46.9 Å². The van der Waals surface area contributed by atoms with Crippen molar-refractivity contribution in [3.63, 3.8) is 0 Å². The Morgan fingerprint density at radius 3 is 2.40 bits per heavy atom. The highest BCUT2D eigenvalue weighted by Crippen LogP contribution is 2.12. The summed E-state index contributed by atoms with van der Waals surface area (Å²) in [5.74, 6) is 0.0329. The average molecular weight is 209 g/mol. The molecule has 1 N–H and O–H groups in total. The van der Waals surface area contributed by atoms with Gasteiger partial charge in [0.1, 0.15) is 6.04 Å². The molecule has 0 aromatic carbocycles. The Hall–Kier alpha value is -1.32. The zero-order valence-corrected chi connectivity index (χ0v) is 10.0. The first-order valence-electron chi connectivity index (χ1n) is 5.24. The summed E-state index contributed by atoms with van der Waals surface area (Å²) in [6, 6.07) is -0.0292.